The van der Waals surface area contributed by atoms with Gasteiger partial charge < -0.3 is 4.57 Å². The lowest BCUT2D eigenvalue weighted by Crippen LogP contribution is -1.92. The summed E-state index contributed by atoms with van der Waals surface area (Å²) in [6.45, 7) is 0. The summed E-state index contributed by atoms with van der Waals surface area (Å²) in [5.74, 6) is 0. The van der Waals surface area contributed by atoms with Gasteiger partial charge in [0.05, 0.1) is 17.3 Å². The number of carbonyl (C=O) groups excluding carboxylic acids is 1. The lowest BCUT2D eigenvalue weighted by atomic mass is 10.1. The number of carbonyl (C=O) groups is 1. The highest BCUT2D eigenvalue weighted by molar-refractivity contribution is 5.92. The Labute approximate surface area is 81.2 Å². The fraction of sp³-hybridized carbons (Fsp3) is 0.0909. The third-order valence-electron chi connectivity index (χ3n) is 2.37. The fourth-order valence-corrected chi connectivity index (χ4v) is 1.59. The maximum atomic E-state index is 10.7. The van der Waals surface area contributed by atoms with Gasteiger partial charge in [-0.3, -0.25) is 4.79 Å². The molecule has 0 bridgehead atoms. The molecular weight excluding hydrogens is 176 g/mol. The van der Waals surface area contributed by atoms with Crippen LogP contribution in [0.25, 0.3) is 10.9 Å². The average Bonchev–Trinajstić information content (AvgIpc) is 2.55. The highest BCUT2D eigenvalue weighted by Gasteiger charge is 2.07. The number of aromatic nitrogens is 1. The second-order valence-electron chi connectivity index (χ2n) is 3.10. The quantitative estimate of drug-likeness (QED) is 0.635. The van der Waals surface area contributed by atoms with Crippen molar-refractivity contribution in [3.8, 4) is 6.07 Å². The number of fused-ring (bicyclic) bond motifs is 1. The van der Waals surface area contributed by atoms with E-state index in [0.717, 1.165) is 17.2 Å². The van der Waals surface area contributed by atoms with Gasteiger partial charge in [0.15, 0.2) is 6.29 Å². The maximum Gasteiger partial charge on any atom is 0.166 e. The number of nitrogens with zero attached hydrogens (tertiary/aromatic N) is 2. The van der Waals surface area contributed by atoms with Crippen LogP contribution >= 0.6 is 0 Å². The van der Waals surface area contributed by atoms with Gasteiger partial charge in [-0.25, -0.2) is 0 Å². The molecule has 68 valence electrons. The number of hydrogen-bond acceptors (Lipinski definition) is 2. The molecule has 1 heterocycles. The molecular formula is C11H8N2O. The molecule has 0 fully saturated rings. The van der Waals surface area contributed by atoms with Crippen molar-refractivity contribution in [2.75, 3.05) is 0 Å². The van der Waals surface area contributed by atoms with Crippen molar-refractivity contribution in [1.82, 2.24) is 4.57 Å². The lowest BCUT2D eigenvalue weighted by Gasteiger charge is -1.97. The van der Waals surface area contributed by atoms with Crippen LogP contribution in [0.2, 0.25) is 0 Å². The summed E-state index contributed by atoms with van der Waals surface area (Å²) >= 11 is 0. The second kappa shape index (κ2) is 3.00. The highest BCUT2D eigenvalue weighted by atomic mass is 16.1. The molecule has 0 saturated carbocycles. The summed E-state index contributed by atoms with van der Waals surface area (Å²) in [5.41, 5.74) is 2.10. The Kier molecular flexibility index (Phi) is 1.83. The maximum absolute atomic E-state index is 10.7. The second-order valence-corrected chi connectivity index (χ2v) is 3.10. The fourth-order valence-electron chi connectivity index (χ4n) is 1.59. The van der Waals surface area contributed by atoms with Crippen molar-refractivity contribution in [3.05, 3.63) is 35.5 Å². The molecule has 0 aliphatic heterocycles. The minimum atomic E-state index is 0.586. The minimum absolute atomic E-state index is 0.586. The lowest BCUT2D eigenvalue weighted by molar-refractivity contribution is 0.111. The van der Waals surface area contributed by atoms with Crippen LogP contribution in [0.5, 0.6) is 0 Å². The summed E-state index contributed by atoms with van der Waals surface area (Å²) in [5, 5.41) is 9.69. The molecule has 0 saturated heterocycles. The van der Waals surface area contributed by atoms with E-state index < -0.39 is 0 Å². The van der Waals surface area contributed by atoms with Gasteiger partial charge in [-0.15, -0.1) is 0 Å². The number of aryl methyl sites for hydroxylation is 1. The first-order valence-electron chi connectivity index (χ1n) is 4.21. The van der Waals surface area contributed by atoms with E-state index in [1.54, 1.807) is 16.7 Å². The third-order valence-corrected chi connectivity index (χ3v) is 2.37. The SMILES string of the molecule is Cn1c(C=O)cc2c(C#N)cccc21. The van der Waals surface area contributed by atoms with Crippen molar-refractivity contribution in [3.63, 3.8) is 0 Å². The molecule has 2 rings (SSSR count). The largest absolute Gasteiger partial charge is 0.341 e. The van der Waals surface area contributed by atoms with Crippen molar-refractivity contribution in [1.29, 1.82) is 5.26 Å². The zero-order chi connectivity index (χ0) is 10.1. The predicted octanol–water partition coefficient (Wildman–Crippen LogP) is 1.86. The number of benzene rings is 1. The molecule has 0 aliphatic carbocycles. The first-order valence-corrected chi connectivity index (χ1v) is 4.21. The van der Waals surface area contributed by atoms with E-state index in [1.807, 2.05) is 19.2 Å². The number of aldehydes is 1. The topological polar surface area (TPSA) is 45.8 Å². The van der Waals surface area contributed by atoms with Gasteiger partial charge in [-0.05, 0) is 18.2 Å². The van der Waals surface area contributed by atoms with Crippen LogP contribution in [0.1, 0.15) is 16.1 Å². The van der Waals surface area contributed by atoms with Crippen LogP contribution in [0.3, 0.4) is 0 Å². The van der Waals surface area contributed by atoms with Crippen LogP contribution in [0, 0.1) is 11.3 Å². The Hall–Kier alpha value is -2.08. The Morgan fingerprint density at radius 3 is 2.93 bits per heavy atom. The van der Waals surface area contributed by atoms with Gasteiger partial charge in [-0.2, -0.15) is 5.26 Å². The Morgan fingerprint density at radius 1 is 1.50 bits per heavy atom. The molecule has 0 unspecified atom stereocenters. The molecule has 0 aliphatic rings. The van der Waals surface area contributed by atoms with Crippen LogP contribution < -0.4 is 0 Å². The molecule has 3 nitrogen and oxygen atoms in total. The molecule has 0 N–H and O–H groups in total. The van der Waals surface area contributed by atoms with E-state index >= 15 is 0 Å². The molecule has 14 heavy (non-hydrogen) atoms. The van der Waals surface area contributed by atoms with Crippen LogP contribution in [0.4, 0.5) is 0 Å². The van der Waals surface area contributed by atoms with Gasteiger partial charge in [0.25, 0.3) is 0 Å². The van der Waals surface area contributed by atoms with E-state index in [9.17, 15) is 4.79 Å². The predicted molar refractivity (Wildman–Crippen MR) is 53.0 cm³/mol. The summed E-state index contributed by atoms with van der Waals surface area (Å²) in [7, 11) is 1.81. The van der Waals surface area contributed by atoms with Gasteiger partial charge in [0, 0.05) is 18.0 Å². The molecule has 0 spiro atoms. The van der Waals surface area contributed by atoms with Gasteiger partial charge >= 0.3 is 0 Å². The molecule has 3 heteroatoms. The molecule has 0 amide bonds. The van der Waals surface area contributed by atoms with Crippen molar-refractivity contribution in [2.24, 2.45) is 7.05 Å². The van der Waals surface area contributed by atoms with E-state index in [1.165, 1.54) is 0 Å². The normalized spacial score (nSPS) is 10.0. The molecule has 2 aromatic rings. The van der Waals surface area contributed by atoms with E-state index in [0.29, 0.717) is 11.3 Å². The number of rotatable bonds is 1. The Balaban J connectivity index is 2.92. The summed E-state index contributed by atoms with van der Waals surface area (Å²) in [6, 6.07) is 9.30. The van der Waals surface area contributed by atoms with Gasteiger partial charge in [0.1, 0.15) is 0 Å². The van der Waals surface area contributed by atoms with Crippen LogP contribution in [0.15, 0.2) is 24.3 Å². The average molecular weight is 184 g/mol. The Morgan fingerprint density at radius 2 is 2.29 bits per heavy atom. The van der Waals surface area contributed by atoms with Gasteiger partial charge in [0.2, 0.25) is 0 Å². The Bertz CT molecular complexity index is 546. The molecule has 0 atom stereocenters. The van der Waals surface area contributed by atoms with Crippen LogP contribution in [-0.4, -0.2) is 10.9 Å². The summed E-state index contributed by atoms with van der Waals surface area (Å²) < 4.78 is 1.78. The summed E-state index contributed by atoms with van der Waals surface area (Å²) in [4.78, 5) is 10.7. The van der Waals surface area contributed by atoms with E-state index in [4.69, 9.17) is 5.26 Å². The standard InChI is InChI=1S/C11H8N2O/c1-13-9(7-14)5-10-8(6-12)3-2-4-11(10)13/h2-5,7H,1H3. The minimum Gasteiger partial charge on any atom is -0.341 e. The zero-order valence-corrected chi connectivity index (χ0v) is 7.69. The van der Waals surface area contributed by atoms with Crippen LogP contribution in [-0.2, 0) is 7.05 Å². The smallest absolute Gasteiger partial charge is 0.166 e. The van der Waals surface area contributed by atoms with Crippen molar-refractivity contribution >= 4 is 17.2 Å². The van der Waals surface area contributed by atoms with Crippen molar-refractivity contribution in [2.45, 2.75) is 0 Å². The van der Waals surface area contributed by atoms with E-state index in [-0.39, 0.29) is 0 Å². The molecule has 1 aromatic carbocycles. The third kappa shape index (κ3) is 1.01. The monoisotopic (exact) mass is 184 g/mol. The van der Waals surface area contributed by atoms with E-state index in [2.05, 4.69) is 6.07 Å². The summed E-state index contributed by atoms with van der Waals surface area (Å²) in [6.07, 6.45) is 0.793. The van der Waals surface area contributed by atoms with Gasteiger partial charge in [-0.1, -0.05) is 6.07 Å². The molecule has 1 aromatic heterocycles. The molecule has 0 radical (unpaired) electrons. The number of nitriles is 1. The highest BCUT2D eigenvalue weighted by Crippen LogP contribution is 2.20. The zero-order valence-electron chi connectivity index (χ0n) is 7.69. The first-order chi connectivity index (χ1) is 6.77. The van der Waals surface area contributed by atoms with Crippen molar-refractivity contribution < 1.29 is 4.79 Å². The number of hydrogen-bond donors (Lipinski definition) is 0. The first kappa shape index (κ1) is 8.52.